The maximum Gasteiger partial charge on any atom is 0.460 e. The van der Waals surface area contributed by atoms with Crippen molar-refractivity contribution < 1.29 is 66.8 Å². The predicted molar refractivity (Wildman–Crippen MR) is 113 cm³/mol. The molecule has 7 nitrogen and oxygen atoms in total. The first-order valence-electron chi connectivity index (χ1n) is 10.8. The quantitative estimate of drug-likeness (QED) is 0.183. The lowest BCUT2D eigenvalue weighted by molar-refractivity contribution is -0.383. The summed E-state index contributed by atoms with van der Waals surface area (Å²) in [7, 11) is -7.44. The highest BCUT2D eigenvalue weighted by molar-refractivity contribution is 7.87. The third-order valence-electron chi connectivity index (χ3n) is 5.20. The molecule has 0 bridgehead atoms. The van der Waals surface area contributed by atoms with E-state index < -0.39 is 75.4 Å². The Morgan fingerprint density at radius 1 is 0.947 bits per heavy atom. The van der Waals surface area contributed by atoms with Gasteiger partial charge in [0.1, 0.15) is 6.04 Å². The number of carboxylic acid groups (broad SMARTS) is 1. The van der Waals surface area contributed by atoms with Crippen molar-refractivity contribution in [2.45, 2.75) is 75.6 Å². The van der Waals surface area contributed by atoms with Gasteiger partial charge in [0.25, 0.3) is 0 Å². The fraction of sp³-hybridized carbons (Fsp3) is 0.619. The molecule has 0 aliphatic carbocycles. The van der Waals surface area contributed by atoms with Crippen LogP contribution in [0.5, 0.6) is 0 Å². The number of hydrogen-bond acceptors (Lipinski definition) is 5. The van der Waals surface area contributed by atoms with E-state index in [2.05, 4.69) is 4.18 Å². The SMILES string of the molecule is CCCCC(=O)N(C(OS(=O)(=O)C(F)(F)C(F)(F)C(F)(F)C(F)(F)F)c1ccccc1)C(C(=O)O)C(C)C. The van der Waals surface area contributed by atoms with Gasteiger partial charge < -0.3 is 5.11 Å². The van der Waals surface area contributed by atoms with Crippen molar-refractivity contribution in [3.8, 4) is 0 Å². The summed E-state index contributed by atoms with van der Waals surface area (Å²) < 4.78 is 150. The molecule has 1 aromatic carbocycles. The zero-order valence-corrected chi connectivity index (χ0v) is 20.8. The molecule has 1 N–H and O–H groups in total. The van der Waals surface area contributed by atoms with Gasteiger partial charge in [0.2, 0.25) is 5.91 Å². The van der Waals surface area contributed by atoms with E-state index in [1.54, 1.807) is 6.92 Å². The molecule has 0 aromatic heterocycles. The number of unbranched alkanes of at least 4 members (excludes halogenated alkanes) is 1. The van der Waals surface area contributed by atoms with Crippen LogP contribution in [0, 0.1) is 5.92 Å². The minimum absolute atomic E-state index is 0.0556. The van der Waals surface area contributed by atoms with E-state index in [1.807, 2.05) is 0 Å². The van der Waals surface area contributed by atoms with Crippen LogP contribution in [-0.4, -0.2) is 59.6 Å². The Morgan fingerprint density at radius 3 is 1.84 bits per heavy atom. The van der Waals surface area contributed by atoms with Gasteiger partial charge in [-0.3, -0.25) is 9.69 Å². The van der Waals surface area contributed by atoms with E-state index in [-0.39, 0.29) is 11.3 Å². The van der Waals surface area contributed by atoms with Crippen molar-refractivity contribution >= 4 is 22.0 Å². The number of carboxylic acids is 1. The third kappa shape index (κ3) is 6.35. The first kappa shape index (κ1) is 33.5. The van der Waals surface area contributed by atoms with Crippen molar-refractivity contribution in [1.82, 2.24) is 4.90 Å². The molecule has 2 unspecified atom stereocenters. The van der Waals surface area contributed by atoms with Gasteiger partial charge in [-0.25, -0.2) is 8.98 Å². The number of halogens is 9. The lowest BCUT2D eigenvalue weighted by Crippen LogP contribution is -2.63. The Hall–Kier alpha value is -2.56. The molecule has 0 spiro atoms. The maximum atomic E-state index is 14.4. The van der Waals surface area contributed by atoms with Gasteiger partial charge in [0, 0.05) is 12.0 Å². The Balaban J connectivity index is 3.85. The van der Waals surface area contributed by atoms with E-state index in [4.69, 9.17) is 0 Å². The average Bonchev–Trinajstić information content (AvgIpc) is 2.78. The molecule has 0 fully saturated rings. The summed E-state index contributed by atoms with van der Waals surface area (Å²) in [6.07, 6.45) is -10.2. The highest BCUT2D eigenvalue weighted by atomic mass is 32.2. The number of aliphatic carboxylic acids is 1. The highest BCUT2D eigenvalue weighted by Gasteiger charge is 2.86. The first-order valence-corrected chi connectivity index (χ1v) is 12.2. The molecule has 0 saturated heterocycles. The van der Waals surface area contributed by atoms with E-state index in [1.165, 1.54) is 19.9 Å². The molecule has 218 valence electrons. The van der Waals surface area contributed by atoms with Crippen molar-refractivity contribution in [3.63, 3.8) is 0 Å². The molecule has 0 aliphatic heterocycles. The van der Waals surface area contributed by atoms with Crippen LogP contribution >= 0.6 is 0 Å². The van der Waals surface area contributed by atoms with E-state index >= 15 is 0 Å². The summed E-state index contributed by atoms with van der Waals surface area (Å²) in [4.78, 5) is 25.1. The normalized spacial score (nSPS) is 15.3. The second kappa shape index (κ2) is 11.7. The topological polar surface area (TPSA) is 101 Å². The van der Waals surface area contributed by atoms with Crippen LogP contribution in [0.3, 0.4) is 0 Å². The smallest absolute Gasteiger partial charge is 0.460 e. The maximum absolute atomic E-state index is 14.4. The summed E-state index contributed by atoms with van der Waals surface area (Å²) in [5, 5.41) is 2.47. The molecule has 2 atom stereocenters. The molecule has 38 heavy (non-hydrogen) atoms. The zero-order valence-electron chi connectivity index (χ0n) is 20.0. The zero-order chi connectivity index (χ0) is 29.9. The second-order valence-electron chi connectivity index (χ2n) is 8.41. The van der Waals surface area contributed by atoms with Crippen LogP contribution in [0.2, 0.25) is 0 Å². The van der Waals surface area contributed by atoms with Crippen LogP contribution in [0.15, 0.2) is 30.3 Å². The predicted octanol–water partition coefficient (Wildman–Crippen LogP) is 5.59. The fourth-order valence-electron chi connectivity index (χ4n) is 3.19. The van der Waals surface area contributed by atoms with Gasteiger partial charge in [0.05, 0.1) is 0 Å². The third-order valence-corrected chi connectivity index (χ3v) is 6.52. The fourth-order valence-corrected chi connectivity index (χ4v) is 4.20. The van der Waals surface area contributed by atoms with E-state index in [0.29, 0.717) is 6.42 Å². The number of nitrogens with zero attached hydrogens (tertiary/aromatic N) is 1. The Labute approximate surface area is 211 Å². The Morgan fingerprint density at radius 2 is 1.45 bits per heavy atom. The number of carbonyl (C=O) groups is 2. The van der Waals surface area contributed by atoms with Crippen LogP contribution in [0.25, 0.3) is 0 Å². The number of carbonyl (C=O) groups excluding carboxylic acids is 1. The lowest BCUT2D eigenvalue weighted by Gasteiger charge is -2.39. The van der Waals surface area contributed by atoms with Gasteiger partial charge in [-0.1, -0.05) is 57.5 Å². The summed E-state index contributed by atoms with van der Waals surface area (Å²) in [6.45, 7) is 4.01. The molecule has 0 heterocycles. The van der Waals surface area contributed by atoms with Gasteiger partial charge >= 0.3 is 39.4 Å². The number of hydrogen-bond donors (Lipinski definition) is 1. The van der Waals surface area contributed by atoms with Crippen molar-refractivity contribution in [3.05, 3.63) is 35.9 Å². The molecule has 1 amide bonds. The van der Waals surface area contributed by atoms with E-state index in [0.717, 1.165) is 24.3 Å². The molecule has 1 aromatic rings. The number of amides is 1. The largest absolute Gasteiger partial charge is 0.480 e. The van der Waals surface area contributed by atoms with Gasteiger partial charge in [0.15, 0.2) is 6.23 Å². The van der Waals surface area contributed by atoms with Gasteiger partial charge in [-0.05, 0) is 12.3 Å². The van der Waals surface area contributed by atoms with Crippen molar-refractivity contribution in [2.75, 3.05) is 0 Å². The molecule has 0 radical (unpaired) electrons. The average molecular weight is 589 g/mol. The summed E-state index contributed by atoms with van der Waals surface area (Å²) in [5.41, 5.74) is -0.588. The molecule has 0 saturated carbocycles. The minimum Gasteiger partial charge on any atom is -0.480 e. The van der Waals surface area contributed by atoms with Gasteiger partial charge in [-0.15, -0.1) is 0 Å². The molecule has 0 aliphatic rings. The van der Waals surface area contributed by atoms with Crippen LogP contribution < -0.4 is 0 Å². The monoisotopic (exact) mass is 589 g/mol. The van der Waals surface area contributed by atoms with Crippen molar-refractivity contribution in [1.29, 1.82) is 0 Å². The molecule has 1 rings (SSSR count). The molecular formula is C21H24F9NO6S. The molecule has 17 heteroatoms. The Bertz CT molecular complexity index is 1080. The van der Waals surface area contributed by atoms with Gasteiger partial charge in [-0.2, -0.15) is 47.9 Å². The number of benzene rings is 1. The second-order valence-corrected chi connectivity index (χ2v) is 10.0. The van der Waals surface area contributed by atoms with Crippen LogP contribution in [0.1, 0.15) is 51.8 Å². The Kier molecular flexibility index (Phi) is 10.3. The number of rotatable bonds is 13. The van der Waals surface area contributed by atoms with Crippen LogP contribution in [-0.2, 0) is 23.9 Å². The standard InChI is InChI=1S/C21H24F9NO6S/c1-4-5-11-14(32)31(15(12(2)3)17(33)34)16(13-9-7-6-8-10-13)37-38(35,36)21(29,30)19(24,25)18(22,23)20(26,27)28/h6-10,12,15-16H,4-5,11H2,1-3H3,(H,33,34). The minimum atomic E-state index is -7.58. The summed E-state index contributed by atoms with van der Waals surface area (Å²) in [5.74, 6) is -19.2. The number of alkyl halides is 9. The summed E-state index contributed by atoms with van der Waals surface area (Å²) in [6, 6.07) is 3.28. The first-order chi connectivity index (χ1) is 17.1. The molecular weight excluding hydrogens is 565 g/mol. The van der Waals surface area contributed by atoms with E-state index in [9.17, 15) is 62.6 Å². The van der Waals surface area contributed by atoms with Crippen molar-refractivity contribution in [2.24, 2.45) is 5.92 Å². The highest BCUT2D eigenvalue weighted by Crippen LogP contribution is 2.55. The lowest BCUT2D eigenvalue weighted by atomic mass is 10.00. The summed E-state index contributed by atoms with van der Waals surface area (Å²) >= 11 is 0. The van der Waals surface area contributed by atoms with Crippen LogP contribution in [0.4, 0.5) is 39.5 Å².